The van der Waals surface area contributed by atoms with Gasteiger partial charge >= 0.3 is 0 Å². The molecular weight excluding hydrogens is 549 g/mol. The summed E-state index contributed by atoms with van der Waals surface area (Å²) in [6.07, 6.45) is 1.21. The Bertz CT molecular complexity index is 1410. The van der Waals surface area contributed by atoms with Crippen molar-refractivity contribution in [1.29, 1.82) is 0 Å². The maximum atomic E-state index is 14.9. The van der Waals surface area contributed by atoms with E-state index in [4.69, 9.17) is 0 Å². The molecule has 4 atom stereocenters. The van der Waals surface area contributed by atoms with Crippen molar-refractivity contribution in [3.63, 3.8) is 0 Å². The smallest absolute Gasteiger partial charge is 0.237 e. The molecule has 8 nitrogen and oxygen atoms in total. The molecule has 1 aliphatic rings. The Kier molecular flexibility index (Phi) is 10.3. The van der Waals surface area contributed by atoms with Crippen LogP contribution in [0.4, 0.5) is 4.39 Å². The average Bonchev–Trinajstić information content (AvgIpc) is 2.99. The summed E-state index contributed by atoms with van der Waals surface area (Å²) in [6.45, 7) is 2.81. The fraction of sp³-hybridized carbons (Fsp3) is 0.382. The number of nitrogens with zero attached hydrogens (tertiary/aromatic N) is 2. The first-order valence-corrected chi connectivity index (χ1v) is 14.5. The highest BCUT2D eigenvalue weighted by Gasteiger charge is 2.45. The summed E-state index contributed by atoms with van der Waals surface area (Å²) in [7, 11) is 5.30. The summed E-state index contributed by atoms with van der Waals surface area (Å²) >= 11 is 0. The number of halogens is 1. The van der Waals surface area contributed by atoms with E-state index in [1.54, 1.807) is 50.4 Å². The topological polar surface area (TPSA) is 110 Å². The Hall–Kier alpha value is -4.08. The number of hydrogen-bond donors (Lipinski definition) is 3. The molecule has 228 valence electrons. The molecule has 0 radical (unpaired) electrons. The number of likely N-dealkylation sites (N-methyl/N-ethyl adjacent to an activating group) is 2. The summed E-state index contributed by atoms with van der Waals surface area (Å²) in [5, 5.41) is 23.0. The van der Waals surface area contributed by atoms with Gasteiger partial charge in [0, 0.05) is 49.0 Å². The number of amides is 1. The third-order valence-corrected chi connectivity index (χ3v) is 8.50. The SMILES string of the molecule is CNC(=O)[C@H](CCCN1C[C@H](C(=O)c2cccc(O)c2)[C@H](c2cccc(F)c2C)[C@H](C(=O)c2cccc(O)c2)C1)N(C)C. The number of likely N-dealkylation sites (tertiary alicyclic amines) is 1. The van der Waals surface area contributed by atoms with Gasteiger partial charge in [0.1, 0.15) is 17.3 Å². The number of Topliss-reactive ketones (excluding diaryl/α,β-unsaturated/α-hetero) is 2. The summed E-state index contributed by atoms with van der Waals surface area (Å²) in [6, 6.07) is 16.7. The number of carbonyl (C=O) groups excluding carboxylic acids is 3. The van der Waals surface area contributed by atoms with Gasteiger partial charge in [-0.3, -0.25) is 19.3 Å². The lowest BCUT2D eigenvalue weighted by Crippen LogP contribution is -2.51. The second-order valence-electron chi connectivity index (χ2n) is 11.5. The van der Waals surface area contributed by atoms with Crippen LogP contribution in [0, 0.1) is 24.6 Å². The predicted molar refractivity (Wildman–Crippen MR) is 163 cm³/mol. The summed E-state index contributed by atoms with van der Waals surface area (Å²) in [4.78, 5) is 44.7. The summed E-state index contributed by atoms with van der Waals surface area (Å²) < 4.78 is 14.9. The number of nitrogens with one attached hydrogen (secondary N) is 1. The number of piperidine rings is 1. The molecule has 3 N–H and O–H groups in total. The lowest BCUT2D eigenvalue weighted by molar-refractivity contribution is -0.125. The number of phenols is 2. The Morgan fingerprint density at radius 3 is 1.95 bits per heavy atom. The van der Waals surface area contributed by atoms with Crippen molar-refractivity contribution in [3.8, 4) is 11.5 Å². The zero-order chi connectivity index (χ0) is 31.3. The highest BCUT2D eigenvalue weighted by atomic mass is 19.1. The van der Waals surface area contributed by atoms with Crippen molar-refractivity contribution in [2.24, 2.45) is 11.8 Å². The van der Waals surface area contributed by atoms with Gasteiger partial charge in [0.25, 0.3) is 0 Å². The monoisotopic (exact) mass is 589 g/mol. The molecule has 1 saturated heterocycles. The van der Waals surface area contributed by atoms with Crippen molar-refractivity contribution in [2.45, 2.75) is 31.7 Å². The zero-order valence-electron chi connectivity index (χ0n) is 25.1. The minimum atomic E-state index is -0.731. The lowest BCUT2D eigenvalue weighted by atomic mass is 9.67. The molecule has 0 unspecified atom stereocenters. The maximum absolute atomic E-state index is 14.9. The van der Waals surface area contributed by atoms with Crippen molar-refractivity contribution in [3.05, 3.63) is 94.8 Å². The van der Waals surface area contributed by atoms with Crippen molar-refractivity contribution in [1.82, 2.24) is 15.1 Å². The van der Waals surface area contributed by atoms with Gasteiger partial charge in [-0.15, -0.1) is 0 Å². The Morgan fingerprint density at radius 2 is 1.47 bits per heavy atom. The Balaban J connectivity index is 1.76. The van der Waals surface area contributed by atoms with E-state index in [1.165, 1.54) is 30.3 Å². The molecule has 3 aromatic carbocycles. The second-order valence-corrected chi connectivity index (χ2v) is 11.5. The van der Waals surface area contributed by atoms with Crippen LogP contribution < -0.4 is 5.32 Å². The first-order chi connectivity index (χ1) is 20.5. The molecule has 1 heterocycles. The third-order valence-electron chi connectivity index (χ3n) is 8.50. The van der Waals surface area contributed by atoms with E-state index < -0.39 is 23.6 Å². The van der Waals surface area contributed by atoms with E-state index >= 15 is 0 Å². The van der Waals surface area contributed by atoms with E-state index in [9.17, 15) is 29.0 Å². The highest BCUT2D eigenvalue weighted by molar-refractivity contribution is 6.02. The minimum absolute atomic E-state index is 0.0479. The number of carbonyl (C=O) groups is 3. The van der Waals surface area contributed by atoms with Gasteiger partial charge in [-0.05, 0) is 81.9 Å². The first kappa shape index (κ1) is 31.8. The van der Waals surface area contributed by atoms with E-state index in [-0.39, 0.29) is 35.0 Å². The van der Waals surface area contributed by atoms with E-state index in [0.29, 0.717) is 54.7 Å². The van der Waals surface area contributed by atoms with Gasteiger partial charge < -0.3 is 20.4 Å². The highest BCUT2D eigenvalue weighted by Crippen LogP contribution is 2.43. The van der Waals surface area contributed by atoms with Gasteiger partial charge in [0.2, 0.25) is 5.91 Å². The maximum Gasteiger partial charge on any atom is 0.237 e. The van der Waals surface area contributed by atoms with Crippen LogP contribution in [0.5, 0.6) is 11.5 Å². The molecule has 1 fully saturated rings. The summed E-state index contributed by atoms with van der Waals surface area (Å²) in [5.41, 5.74) is 1.58. The number of aromatic hydroxyl groups is 2. The minimum Gasteiger partial charge on any atom is -0.508 e. The number of ketones is 2. The van der Waals surface area contributed by atoms with E-state index in [1.807, 2.05) is 19.0 Å². The van der Waals surface area contributed by atoms with Crippen LogP contribution >= 0.6 is 0 Å². The molecule has 4 rings (SSSR count). The molecule has 1 aliphatic heterocycles. The zero-order valence-corrected chi connectivity index (χ0v) is 25.1. The number of phenolic OH excluding ortho intramolecular Hbond substituents is 2. The Labute approximate surface area is 252 Å². The van der Waals surface area contributed by atoms with Crippen molar-refractivity contribution in [2.75, 3.05) is 40.8 Å². The first-order valence-electron chi connectivity index (χ1n) is 14.5. The summed E-state index contributed by atoms with van der Waals surface area (Å²) in [5.74, 6) is -3.22. The fourth-order valence-electron chi connectivity index (χ4n) is 6.28. The van der Waals surface area contributed by atoms with Gasteiger partial charge in [0.15, 0.2) is 11.6 Å². The van der Waals surface area contributed by atoms with Crippen LogP contribution in [0.25, 0.3) is 0 Å². The van der Waals surface area contributed by atoms with Crippen molar-refractivity contribution >= 4 is 17.5 Å². The normalized spacial score (nSPS) is 19.6. The van der Waals surface area contributed by atoms with Gasteiger partial charge in [-0.25, -0.2) is 4.39 Å². The molecule has 0 spiro atoms. The molecule has 9 heteroatoms. The molecule has 0 aliphatic carbocycles. The molecule has 43 heavy (non-hydrogen) atoms. The molecule has 0 saturated carbocycles. The third kappa shape index (κ3) is 7.29. The second kappa shape index (κ2) is 13.9. The fourth-order valence-corrected chi connectivity index (χ4v) is 6.28. The number of benzene rings is 3. The van der Waals surface area contributed by atoms with Crippen LogP contribution in [0.1, 0.15) is 50.6 Å². The van der Waals surface area contributed by atoms with E-state index in [2.05, 4.69) is 10.2 Å². The van der Waals surface area contributed by atoms with E-state index in [0.717, 1.165) is 0 Å². The molecule has 3 aromatic rings. The van der Waals surface area contributed by atoms with Crippen LogP contribution in [0.2, 0.25) is 0 Å². The van der Waals surface area contributed by atoms with Crippen LogP contribution in [-0.2, 0) is 4.79 Å². The number of hydrogen-bond acceptors (Lipinski definition) is 7. The van der Waals surface area contributed by atoms with Crippen LogP contribution in [-0.4, -0.2) is 84.3 Å². The lowest BCUT2D eigenvalue weighted by Gasteiger charge is -2.43. The molecule has 0 bridgehead atoms. The van der Waals surface area contributed by atoms with Crippen LogP contribution in [0.3, 0.4) is 0 Å². The molecular formula is C34H40FN3O5. The van der Waals surface area contributed by atoms with Crippen molar-refractivity contribution < 1.29 is 29.0 Å². The van der Waals surface area contributed by atoms with Crippen LogP contribution in [0.15, 0.2) is 66.7 Å². The van der Waals surface area contributed by atoms with Gasteiger partial charge in [-0.1, -0.05) is 36.4 Å². The number of rotatable bonds is 11. The quantitative estimate of drug-likeness (QED) is 0.285. The Morgan fingerprint density at radius 1 is 0.930 bits per heavy atom. The standard InChI is InChI=1S/C34H40FN3O5/c1-21-26(13-7-14-29(21)35)31-27(32(41)22-9-5-11-24(39)17-22)19-38(16-8-15-30(37(3)4)34(43)36-2)20-28(31)33(42)23-10-6-12-25(40)18-23/h5-7,9-14,17-18,27-28,30-31,39-40H,8,15-16,19-20H2,1-4H3,(H,36,43)/t27-,28+,30-,31-/m0/s1. The largest absolute Gasteiger partial charge is 0.508 e. The van der Waals surface area contributed by atoms with Gasteiger partial charge in [-0.2, -0.15) is 0 Å². The molecule has 1 amide bonds. The average molecular weight is 590 g/mol. The molecule has 0 aromatic heterocycles. The predicted octanol–water partition coefficient (Wildman–Crippen LogP) is 4.40. The van der Waals surface area contributed by atoms with Gasteiger partial charge in [0.05, 0.1) is 6.04 Å².